The third-order valence-electron chi connectivity index (χ3n) is 2.32. The zero-order valence-electron chi connectivity index (χ0n) is 10.1. The molecule has 0 radical (unpaired) electrons. The predicted molar refractivity (Wildman–Crippen MR) is 64.6 cm³/mol. The number of carbonyl (C=O) groups excluding carboxylic acids is 1. The summed E-state index contributed by atoms with van der Waals surface area (Å²) < 4.78 is 5.59. The van der Waals surface area contributed by atoms with Crippen LogP contribution in [0.4, 0.5) is 0 Å². The SMILES string of the molecule is CCCNC(=O)[C@H](C)Oc1ccccc1C. The van der Waals surface area contributed by atoms with Crippen LogP contribution in [0.25, 0.3) is 0 Å². The van der Waals surface area contributed by atoms with Crippen molar-refractivity contribution in [3.8, 4) is 5.75 Å². The number of rotatable bonds is 5. The van der Waals surface area contributed by atoms with E-state index in [9.17, 15) is 4.79 Å². The molecule has 0 heterocycles. The topological polar surface area (TPSA) is 38.3 Å². The third-order valence-corrected chi connectivity index (χ3v) is 2.32. The average Bonchev–Trinajstić information content (AvgIpc) is 2.28. The van der Waals surface area contributed by atoms with Gasteiger partial charge in [0.1, 0.15) is 5.75 Å². The Morgan fingerprint density at radius 2 is 2.12 bits per heavy atom. The van der Waals surface area contributed by atoms with Crippen LogP contribution in [0.3, 0.4) is 0 Å². The summed E-state index contributed by atoms with van der Waals surface area (Å²) in [6.07, 6.45) is 0.482. The Morgan fingerprint density at radius 1 is 1.44 bits per heavy atom. The van der Waals surface area contributed by atoms with E-state index in [0.29, 0.717) is 6.54 Å². The summed E-state index contributed by atoms with van der Waals surface area (Å²) in [7, 11) is 0. The van der Waals surface area contributed by atoms with Crippen LogP contribution in [0.15, 0.2) is 24.3 Å². The minimum atomic E-state index is -0.451. The first-order valence-electron chi connectivity index (χ1n) is 5.65. The Kier molecular flexibility index (Phi) is 4.83. The van der Waals surface area contributed by atoms with Gasteiger partial charge in [-0.15, -0.1) is 0 Å². The van der Waals surface area contributed by atoms with Crippen LogP contribution >= 0.6 is 0 Å². The van der Waals surface area contributed by atoms with E-state index >= 15 is 0 Å². The second-order valence-electron chi connectivity index (χ2n) is 3.82. The summed E-state index contributed by atoms with van der Waals surface area (Å²) in [6.45, 7) is 6.44. The van der Waals surface area contributed by atoms with E-state index in [1.807, 2.05) is 38.1 Å². The van der Waals surface area contributed by atoms with E-state index in [0.717, 1.165) is 17.7 Å². The van der Waals surface area contributed by atoms with Gasteiger partial charge in [-0.1, -0.05) is 25.1 Å². The molecule has 0 saturated carbocycles. The van der Waals surface area contributed by atoms with Crippen LogP contribution in [0.2, 0.25) is 0 Å². The highest BCUT2D eigenvalue weighted by Gasteiger charge is 2.14. The smallest absolute Gasteiger partial charge is 0.260 e. The van der Waals surface area contributed by atoms with Gasteiger partial charge in [-0.3, -0.25) is 4.79 Å². The summed E-state index contributed by atoms with van der Waals surface area (Å²) in [5.41, 5.74) is 1.04. The summed E-state index contributed by atoms with van der Waals surface area (Å²) in [4.78, 5) is 11.6. The molecule has 1 aromatic carbocycles. The molecule has 0 saturated heterocycles. The Balaban J connectivity index is 2.54. The molecule has 0 bridgehead atoms. The minimum absolute atomic E-state index is 0.0647. The molecule has 1 rings (SSSR count). The van der Waals surface area contributed by atoms with Crippen LogP contribution in [0, 0.1) is 6.92 Å². The van der Waals surface area contributed by atoms with Gasteiger partial charge in [-0.05, 0) is 31.9 Å². The number of benzene rings is 1. The van der Waals surface area contributed by atoms with Gasteiger partial charge in [0.05, 0.1) is 0 Å². The fourth-order valence-electron chi connectivity index (χ4n) is 1.32. The molecule has 0 aliphatic carbocycles. The van der Waals surface area contributed by atoms with Crippen molar-refractivity contribution in [1.29, 1.82) is 0 Å². The first kappa shape index (κ1) is 12.6. The Morgan fingerprint density at radius 3 is 2.75 bits per heavy atom. The largest absolute Gasteiger partial charge is 0.481 e. The van der Waals surface area contributed by atoms with Gasteiger partial charge in [0, 0.05) is 6.54 Å². The molecule has 0 spiro atoms. The van der Waals surface area contributed by atoms with Crippen LogP contribution < -0.4 is 10.1 Å². The number of carbonyl (C=O) groups is 1. The van der Waals surface area contributed by atoms with Crippen molar-refractivity contribution in [1.82, 2.24) is 5.32 Å². The number of hydrogen-bond donors (Lipinski definition) is 1. The highest BCUT2D eigenvalue weighted by Crippen LogP contribution is 2.17. The Labute approximate surface area is 96.8 Å². The molecule has 0 aromatic heterocycles. The van der Waals surface area contributed by atoms with E-state index < -0.39 is 6.10 Å². The average molecular weight is 221 g/mol. The molecule has 0 unspecified atom stereocenters. The quantitative estimate of drug-likeness (QED) is 0.828. The van der Waals surface area contributed by atoms with Crippen molar-refractivity contribution in [2.24, 2.45) is 0 Å². The van der Waals surface area contributed by atoms with Crippen molar-refractivity contribution in [2.45, 2.75) is 33.3 Å². The maximum absolute atomic E-state index is 11.6. The van der Waals surface area contributed by atoms with E-state index in [4.69, 9.17) is 4.74 Å². The molecule has 3 nitrogen and oxygen atoms in total. The monoisotopic (exact) mass is 221 g/mol. The van der Waals surface area contributed by atoms with Gasteiger partial charge < -0.3 is 10.1 Å². The molecule has 1 aromatic rings. The van der Waals surface area contributed by atoms with Gasteiger partial charge in [-0.2, -0.15) is 0 Å². The lowest BCUT2D eigenvalue weighted by Gasteiger charge is -2.15. The Bertz CT molecular complexity index is 350. The normalized spacial score (nSPS) is 11.9. The van der Waals surface area contributed by atoms with Crippen molar-refractivity contribution in [3.05, 3.63) is 29.8 Å². The van der Waals surface area contributed by atoms with Gasteiger partial charge in [-0.25, -0.2) is 0 Å². The maximum Gasteiger partial charge on any atom is 0.260 e. The molecule has 16 heavy (non-hydrogen) atoms. The van der Waals surface area contributed by atoms with E-state index in [-0.39, 0.29) is 5.91 Å². The first-order chi connectivity index (χ1) is 7.65. The standard InChI is InChI=1S/C13H19NO2/c1-4-9-14-13(15)11(3)16-12-8-6-5-7-10(12)2/h5-8,11H,4,9H2,1-3H3,(H,14,15)/t11-/m0/s1. The van der Waals surface area contributed by atoms with Crippen LogP contribution in [-0.2, 0) is 4.79 Å². The fourth-order valence-corrected chi connectivity index (χ4v) is 1.32. The Hall–Kier alpha value is -1.51. The molecular formula is C13H19NO2. The van der Waals surface area contributed by atoms with Gasteiger partial charge in [0.15, 0.2) is 6.10 Å². The summed E-state index contributed by atoms with van der Waals surface area (Å²) in [5.74, 6) is 0.701. The molecule has 1 N–H and O–H groups in total. The van der Waals surface area contributed by atoms with Crippen molar-refractivity contribution < 1.29 is 9.53 Å². The van der Waals surface area contributed by atoms with Crippen LogP contribution in [-0.4, -0.2) is 18.6 Å². The molecule has 0 aliphatic heterocycles. The second kappa shape index (κ2) is 6.16. The number of aryl methyl sites for hydroxylation is 1. The lowest BCUT2D eigenvalue weighted by molar-refractivity contribution is -0.127. The zero-order valence-corrected chi connectivity index (χ0v) is 10.1. The zero-order chi connectivity index (χ0) is 12.0. The molecule has 3 heteroatoms. The van der Waals surface area contributed by atoms with Crippen molar-refractivity contribution >= 4 is 5.91 Å². The minimum Gasteiger partial charge on any atom is -0.481 e. The molecule has 0 aliphatic rings. The molecule has 1 amide bonds. The predicted octanol–water partition coefficient (Wildman–Crippen LogP) is 2.29. The van der Waals surface area contributed by atoms with Crippen LogP contribution in [0.1, 0.15) is 25.8 Å². The molecule has 88 valence electrons. The number of hydrogen-bond acceptors (Lipinski definition) is 2. The molecular weight excluding hydrogens is 202 g/mol. The third kappa shape index (κ3) is 3.57. The van der Waals surface area contributed by atoms with Crippen molar-refractivity contribution in [2.75, 3.05) is 6.54 Å². The summed E-state index contributed by atoms with van der Waals surface area (Å²) in [6, 6.07) is 7.69. The summed E-state index contributed by atoms with van der Waals surface area (Å²) in [5, 5.41) is 2.81. The first-order valence-corrected chi connectivity index (χ1v) is 5.65. The number of amides is 1. The van der Waals surface area contributed by atoms with Gasteiger partial charge >= 0.3 is 0 Å². The fraction of sp³-hybridized carbons (Fsp3) is 0.462. The highest BCUT2D eigenvalue weighted by molar-refractivity contribution is 5.80. The number of ether oxygens (including phenoxy) is 1. The van der Waals surface area contributed by atoms with E-state index in [2.05, 4.69) is 5.32 Å². The van der Waals surface area contributed by atoms with Crippen molar-refractivity contribution in [3.63, 3.8) is 0 Å². The molecule has 0 fully saturated rings. The maximum atomic E-state index is 11.6. The summed E-state index contributed by atoms with van der Waals surface area (Å²) >= 11 is 0. The molecule has 1 atom stereocenters. The van der Waals surface area contributed by atoms with Gasteiger partial charge in [0.2, 0.25) is 0 Å². The number of para-hydroxylation sites is 1. The van der Waals surface area contributed by atoms with E-state index in [1.54, 1.807) is 6.92 Å². The van der Waals surface area contributed by atoms with E-state index in [1.165, 1.54) is 0 Å². The second-order valence-corrected chi connectivity index (χ2v) is 3.82. The lowest BCUT2D eigenvalue weighted by atomic mass is 10.2. The number of nitrogens with one attached hydrogen (secondary N) is 1. The van der Waals surface area contributed by atoms with Crippen LogP contribution in [0.5, 0.6) is 5.75 Å². The lowest BCUT2D eigenvalue weighted by Crippen LogP contribution is -2.36. The highest BCUT2D eigenvalue weighted by atomic mass is 16.5. The van der Waals surface area contributed by atoms with Gasteiger partial charge in [0.25, 0.3) is 5.91 Å².